The summed E-state index contributed by atoms with van der Waals surface area (Å²) >= 11 is 0. The van der Waals surface area contributed by atoms with E-state index in [1.165, 1.54) is 0 Å². The number of rotatable bonds is 7. The number of hydrogen-bond acceptors (Lipinski definition) is 4. The van der Waals surface area contributed by atoms with Crippen LogP contribution in [0.1, 0.15) is 33.0 Å². The van der Waals surface area contributed by atoms with Gasteiger partial charge in [0.2, 0.25) is 0 Å². The quantitative estimate of drug-likeness (QED) is 0.475. The van der Waals surface area contributed by atoms with Crippen LogP contribution in [-0.2, 0) is 13.2 Å². The molecule has 0 aliphatic heterocycles. The summed E-state index contributed by atoms with van der Waals surface area (Å²) in [7, 11) is 0. The largest absolute Gasteiger partial charge is 0.485 e. The fourth-order valence-electron chi connectivity index (χ4n) is 3.27. The monoisotopic (exact) mass is 401 g/mol. The van der Waals surface area contributed by atoms with E-state index >= 15 is 0 Å². The Morgan fingerprint density at radius 3 is 2.63 bits per heavy atom. The molecule has 2 aromatic heterocycles. The van der Waals surface area contributed by atoms with Crippen LogP contribution in [0.2, 0.25) is 0 Å². The van der Waals surface area contributed by atoms with E-state index in [4.69, 9.17) is 9.15 Å². The predicted octanol–water partition coefficient (Wildman–Crippen LogP) is 4.97. The number of benzene rings is 2. The summed E-state index contributed by atoms with van der Waals surface area (Å²) in [6, 6.07) is 19.0. The van der Waals surface area contributed by atoms with Gasteiger partial charge in [-0.2, -0.15) is 5.10 Å². The third kappa shape index (κ3) is 4.60. The van der Waals surface area contributed by atoms with E-state index in [2.05, 4.69) is 10.4 Å². The standard InChI is InChI=1S/C24H23N3O3/c1-17-6-3-7-18(2)23(17)29-16-21-10-11-22(30-21)24(28)26-20-9-4-8-19(14-20)15-27-13-5-12-25-27/h3-14H,15-16H2,1-2H3,(H,26,28). The van der Waals surface area contributed by atoms with Crippen molar-refractivity contribution >= 4 is 11.6 Å². The average molecular weight is 401 g/mol. The van der Waals surface area contributed by atoms with Crippen molar-refractivity contribution in [1.29, 1.82) is 0 Å². The van der Waals surface area contributed by atoms with E-state index in [0.717, 1.165) is 22.4 Å². The summed E-state index contributed by atoms with van der Waals surface area (Å²) in [5.41, 5.74) is 3.87. The van der Waals surface area contributed by atoms with Gasteiger partial charge in [-0.15, -0.1) is 0 Å². The first kappa shape index (κ1) is 19.5. The Balaban J connectivity index is 1.38. The van der Waals surface area contributed by atoms with E-state index in [9.17, 15) is 4.79 Å². The van der Waals surface area contributed by atoms with E-state index in [1.54, 1.807) is 18.3 Å². The van der Waals surface area contributed by atoms with Crippen LogP contribution in [0.25, 0.3) is 0 Å². The molecular formula is C24H23N3O3. The Hall–Kier alpha value is -3.80. The average Bonchev–Trinajstić information content (AvgIpc) is 3.40. The molecule has 0 atom stereocenters. The molecule has 1 amide bonds. The first-order valence-electron chi connectivity index (χ1n) is 9.74. The molecule has 6 heteroatoms. The zero-order valence-electron chi connectivity index (χ0n) is 17.0. The molecule has 2 aromatic carbocycles. The number of ether oxygens (including phenoxy) is 1. The molecule has 0 radical (unpaired) electrons. The molecule has 0 aliphatic rings. The van der Waals surface area contributed by atoms with Crippen molar-refractivity contribution in [3.63, 3.8) is 0 Å². The van der Waals surface area contributed by atoms with Gasteiger partial charge in [-0.25, -0.2) is 0 Å². The number of carbonyl (C=O) groups is 1. The fraction of sp³-hybridized carbons (Fsp3) is 0.167. The van der Waals surface area contributed by atoms with E-state index in [-0.39, 0.29) is 18.3 Å². The van der Waals surface area contributed by atoms with Crippen molar-refractivity contribution in [2.75, 3.05) is 5.32 Å². The van der Waals surface area contributed by atoms with Gasteiger partial charge < -0.3 is 14.5 Å². The number of hydrogen-bond donors (Lipinski definition) is 1. The third-order valence-electron chi connectivity index (χ3n) is 4.74. The first-order chi connectivity index (χ1) is 14.6. The molecule has 1 N–H and O–H groups in total. The van der Waals surface area contributed by atoms with Crippen molar-refractivity contribution in [2.45, 2.75) is 27.0 Å². The van der Waals surface area contributed by atoms with E-state index in [1.807, 2.05) is 73.3 Å². The summed E-state index contributed by atoms with van der Waals surface area (Å²) in [4.78, 5) is 12.6. The maximum atomic E-state index is 12.6. The number of nitrogens with one attached hydrogen (secondary N) is 1. The highest BCUT2D eigenvalue weighted by Gasteiger charge is 2.13. The smallest absolute Gasteiger partial charge is 0.291 e. The maximum Gasteiger partial charge on any atom is 0.291 e. The minimum Gasteiger partial charge on any atom is -0.485 e. The van der Waals surface area contributed by atoms with Gasteiger partial charge in [0.25, 0.3) is 5.91 Å². The van der Waals surface area contributed by atoms with Crippen LogP contribution in [-0.4, -0.2) is 15.7 Å². The van der Waals surface area contributed by atoms with Crippen molar-refractivity contribution < 1.29 is 13.9 Å². The second-order valence-electron chi connectivity index (χ2n) is 7.13. The van der Waals surface area contributed by atoms with Gasteiger partial charge in [-0.3, -0.25) is 9.48 Å². The Kier molecular flexibility index (Phi) is 5.66. The highest BCUT2D eigenvalue weighted by atomic mass is 16.5. The number of carbonyl (C=O) groups excluding carboxylic acids is 1. The number of anilines is 1. The van der Waals surface area contributed by atoms with Crippen LogP contribution in [0, 0.1) is 13.8 Å². The van der Waals surface area contributed by atoms with Crippen molar-refractivity contribution in [3.05, 3.63) is 101 Å². The summed E-state index contributed by atoms with van der Waals surface area (Å²) in [5, 5.41) is 7.09. The lowest BCUT2D eigenvalue weighted by Crippen LogP contribution is -2.11. The second kappa shape index (κ2) is 8.69. The van der Waals surface area contributed by atoms with Gasteiger partial charge >= 0.3 is 0 Å². The molecule has 0 spiro atoms. The molecule has 6 nitrogen and oxygen atoms in total. The number of aromatic nitrogens is 2. The van der Waals surface area contributed by atoms with Crippen molar-refractivity contribution in [3.8, 4) is 5.75 Å². The van der Waals surface area contributed by atoms with Gasteiger partial charge in [0.1, 0.15) is 18.1 Å². The number of aryl methyl sites for hydroxylation is 2. The molecule has 2 heterocycles. The molecule has 0 saturated heterocycles. The molecule has 0 unspecified atom stereocenters. The van der Waals surface area contributed by atoms with Crippen LogP contribution < -0.4 is 10.1 Å². The van der Waals surface area contributed by atoms with E-state index < -0.39 is 0 Å². The fourth-order valence-corrected chi connectivity index (χ4v) is 3.27. The van der Waals surface area contributed by atoms with Gasteiger partial charge in [-0.05, 0) is 60.9 Å². The maximum absolute atomic E-state index is 12.6. The molecular weight excluding hydrogens is 378 g/mol. The lowest BCUT2D eigenvalue weighted by atomic mass is 10.1. The zero-order chi connectivity index (χ0) is 20.9. The van der Waals surface area contributed by atoms with Crippen LogP contribution in [0.5, 0.6) is 5.75 Å². The normalized spacial score (nSPS) is 10.7. The molecule has 4 rings (SSSR count). The SMILES string of the molecule is Cc1cccc(C)c1OCc1ccc(C(=O)Nc2cccc(Cn3cccn3)c2)o1. The number of amides is 1. The minimum absolute atomic E-state index is 0.243. The van der Waals surface area contributed by atoms with Gasteiger partial charge in [0.05, 0.1) is 6.54 Å². The Morgan fingerprint density at radius 2 is 1.87 bits per heavy atom. The molecule has 4 aromatic rings. The zero-order valence-corrected chi connectivity index (χ0v) is 17.0. The van der Waals surface area contributed by atoms with Gasteiger partial charge in [-0.1, -0.05) is 30.3 Å². The highest BCUT2D eigenvalue weighted by Crippen LogP contribution is 2.24. The molecule has 152 valence electrons. The van der Waals surface area contributed by atoms with Crippen LogP contribution in [0.3, 0.4) is 0 Å². The lowest BCUT2D eigenvalue weighted by molar-refractivity contribution is 0.0992. The Bertz CT molecular complexity index is 1130. The highest BCUT2D eigenvalue weighted by molar-refractivity contribution is 6.02. The lowest BCUT2D eigenvalue weighted by Gasteiger charge is -2.10. The number of furan rings is 1. The third-order valence-corrected chi connectivity index (χ3v) is 4.74. The summed E-state index contributed by atoms with van der Waals surface area (Å²) < 4.78 is 13.4. The second-order valence-corrected chi connectivity index (χ2v) is 7.13. The summed E-state index contributed by atoms with van der Waals surface area (Å²) in [6.07, 6.45) is 3.64. The molecule has 30 heavy (non-hydrogen) atoms. The minimum atomic E-state index is -0.301. The summed E-state index contributed by atoms with van der Waals surface area (Å²) in [5.74, 6) is 1.38. The number of nitrogens with zero attached hydrogens (tertiary/aromatic N) is 2. The molecule has 0 aliphatic carbocycles. The Morgan fingerprint density at radius 1 is 1.07 bits per heavy atom. The van der Waals surface area contributed by atoms with E-state index in [0.29, 0.717) is 18.0 Å². The van der Waals surface area contributed by atoms with Crippen LogP contribution >= 0.6 is 0 Å². The van der Waals surface area contributed by atoms with Crippen LogP contribution in [0.15, 0.2) is 77.5 Å². The number of para-hydroxylation sites is 1. The molecule has 0 saturated carbocycles. The van der Waals surface area contributed by atoms with Gasteiger partial charge in [0.15, 0.2) is 5.76 Å². The van der Waals surface area contributed by atoms with Gasteiger partial charge in [0, 0.05) is 18.1 Å². The van der Waals surface area contributed by atoms with Crippen molar-refractivity contribution in [1.82, 2.24) is 9.78 Å². The van der Waals surface area contributed by atoms with Crippen LogP contribution in [0.4, 0.5) is 5.69 Å². The molecule has 0 fully saturated rings. The van der Waals surface area contributed by atoms with Crippen molar-refractivity contribution in [2.24, 2.45) is 0 Å². The predicted molar refractivity (Wildman–Crippen MR) is 115 cm³/mol. The first-order valence-corrected chi connectivity index (χ1v) is 9.74. The summed E-state index contributed by atoms with van der Waals surface area (Å²) in [6.45, 7) is 4.91. The Labute approximate surface area is 175 Å². The molecule has 0 bridgehead atoms. The topological polar surface area (TPSA) is 69.3 Å².